The Morgan fingerprint density at radius 3 is 2.14 bits per heavy atom. The van der Waals surface area contributed by atoms with E-state index in [0.717, 1.165) is 0 Å². The highest BCUT2D eigenvalue weighted by Gasteiger charge is 2.11. The van der Waals surface area contributed by atoms with Crippen LogP contribution in [-0.4, -0.2) is 38.7 Å². The van der Waals surface area contributed by atoms with E-state index in [4.69, 9.17) is 26.4 Å². The van der Waals surface area contributed by atoms with E-state index < -0.39 is 0 Å². The topological polar surface area (TPSA) is 64.1 Å². The maximum Gasteiger partial charge on any atom is 0.187 e. The Bertz CT molecular complexity index is 493. The van der Waals surface area contributed by atoms with E-state index >= 15 is 0 Å². The summed E-state index contributed by atoms with van der Waals surface area (Å²) in [6.45, 7) is 3.99. The lowest BCUT2D eigenvalue weighted by Crippen LogP contribution is -2.36. The molecule has 0 aliphatic carbocycles. The minimum atomic E-state index is 0.241. The molecule has 7 heteroatoms. The summed E-state index contributed by atoms with van der Waals surface area (Å²) in [7, 11) is 4.73. The fraction of sp³-hybridized carbons (Fsp3) is 0.429. The lowest BCUT2D eigenvalue weighted by atomic mass is 10.2. The number of hydrogen-bond acceptors (Lipinski definition) is 5. The lowest BCUT2D eigenvalue weighted by molar-refractivity contribution is 0.374. The summed E-state index contributed by atoms with van der Waals surface area (Å²) in [6, 6.07) is 3.76. The Hall–Kier alpha value is -2.02. The second-order valence-corrected chi connectivity index (χ2v) is 4.85. The number of thiocarbonyl (C=S) groups is 1. The molecule has 0 saturated carbocycles. The molecule has 0 aliphatic rings. The Balaban J connectivity index is 2.93. The van der Waals surface area contributed by atoms with Gasteiger partial charge in [0, 0.05) is 18.2 Å². The maximum atomic E-state index is 5.32. The Labute approximate surface area is 130 Å². The van der Waals surface area contributed by atoms with Crippen LogP contribution in [0.25, 0.3) is 0 Å². The molecule has 0 aromatic heterocycles. The van der Waals surface area contributed by atoms with Crippen molar-refractivity contribution in [2.75, 3.05) is 21.3 Å². The molecule has 0 aliphatic heterocycles. The molecule has 1 rings (SSSR count). The Morgan fingerprint density at radius 1 is 1.14 bits per heavy atom. The molecular weight excluding hydrogens is 290 g/mol. The van der Waals surface area contributed by atoms with Crippen molar-refractivity contribution in [1.29, 1.82) is 0 Å². The Morgan fingerprint density at radius 2 is 1.71 bits per heavy atom. The number of nitrogens with one attached hydrogen (secondary N) is 2. The van der Waals surface area contributed by atoms with Gasteiger partial charge >= 0.3 is 0 Å². The van der Waals surface area contributed by atoms with Crippen LogP contribution in [0, 0.1) is 0 Å². The van der Waals surface area contributed by atoms with Crippen molar-refractivity contribution in [1.82, 2.24) is 10.7 Å². The smallest absolute Gasteiger partial charge is 0.187 e. The van der Waals surface area contributed by atoms with Gasteiger partial charge in [0.15, 0.2) is 5.11 Å². The van der Waals surface area contributed by atoms with Gasteiger partial charge in [-0.25, -0.2) is 0 Å². The van der Waals surface area contributed by atoms with Crippen molar-refractivity contribution in [2.45, 2.75) is 19.9 Å². The summed E-state index contributed by atoms with van der Waals surface area (Å²) in [5, 5.41) is 7.57. The highest BCUT2D eigenvalue weighted by molar-refractivity contribution is 7.80. The van der Waals surface area contributed by atoms with Crippen molar-refractivity contribution < 1.29 is 14.2 Å². The second-order valence-electron chi connectivity index (χ2n) is 4.44. The number of ether oxygens (including phenoxy) is 3. The molecule has 21 heavy (non-hydrogen) atoms. The maximum absolute atomic E-state index is 5.32. The first-order valence-electron chi connectivity index (χ1n) is 6.41. The second kappa shape index (κ2) is 8.31. The first-order valence-corrected chi connectivity index (χ1v) is 6.82. The van der Waals surface area contributed by atoms with Gasteiger partial charge in [-0.15, -0.1) is 0 Å². The highest BCUT2D eigenvalue weighted by atomic mass is 32.1. The van der Waals surface area contributed by atoms with E-state index in [1.165, 1.54) is 0 Å². The third kappa shape index (κ3) is 5.11. The van der Waals surface area contributed by atoms with Crippen molar-refractivity contribution in [3.05, 3.63) is 17.7 Å². The third-order valence-electron chi connectivity index (χ3n) is 2.53. The van der Waals surface area contributed by atoms with E-state index in [9.17, 15) is 0 Å². The zero-order valence-electron chi connectivity index (χ0n) is 12.9. The molecule has 0 atom stereocenters. The first-order chi connectivity index (χ1) is 10.0. The van der Waals surface area contributed by atoms with Crippen LogP contribution in [0.15, 0.2) is 17.2 Å². The number of hydrogen-bond donors (Lipinski definition) is 2. The molecule has 0 radical (unpaired) electrons. The van der Waals surface area contributed by atoms with Crippen LogP contribution < -0.4 is 25.0 Å². The van der Waals surface area contributed by atoms with Crippen LogP contribution in [0.4, 0.5) is 0 Å². The normalized spacial score (nSPS) is 10.6. The summed E-state index contributed by atoms with van der Waals surface area (Å²) < 4.78 is 15.8. The highest BCUT2D eigenvalue weighted by Crippen LogP contribution is 2.32. The first kappa shape index (κ1) is 17.0. The van der Waals surface area contributed by atoms with Crippen LogP contribution in [0.5, 0.6) is 17.2 Å². The number of hydrazone groups is 1. The van der Waals surface area contributed by atoms with Crippen LogP contribution >= 0.6 is 12.2 Å². The molecule has 1 aromatic rings. The summed E-state index contributed by atoms with van der Waals surface area (Å²) in [6.07, 6.45) is 1.59. The van der Waals surface area contributed by atoms with E-state index in [-0.39, 0.29) is 6.04 Å². The van der Waals surface area contributed by atoms with Crippen LogP contribution in [-0.2, 0) is 0 Å². The minimum absolute atomic E-state index is 0.241. The molecule has 0 spiro atoms. The van der Waals surface area contributed by atoms with Crippen molar-refractivity contribution >= 4 is 23.5 Å². The summed E-state index contributed by atoms with van der Waals surface area (Å²) >= 11 is 5.09. The van der Waals surface area contributed by atoms with E-state index in [0.29, 0.717) is 27.9 Å². The van der Waals surface area contributed by atoms with E-state index in [1.807, 2.05) is 13.8 Å². The number of rotatable bonds is 6. The molecule has 116 valence electrons. The summed E-state index contributed by atoms with van der Waals surface area (Å²) in [4.78, 5) is 0. The van der Waals surface area contributed by atoms with Gasteiger partial charge in [-0.3, -0.25) is 5.43 Å². The van der Waals surface area contributed by atoms with E-state index in [1.54, 1.807) is 39.7 Å². The van der Waals surface area contributed by atoms with Crippen molar-refractivity contribution in [3.8, 4) is 17.2 Å². The lowest BCUT2D eigenvalue weighted by Gasteiger charge is -2.12. The van der Waals surface area contributed by atoms with Gasteiger partial charge in [0.2, 0.25) is 0 Å². The number of methoxy groups -OCH3 is 3. The van der Waals surface area contributed by atoms with Gasteiger partial charge in [-0.2, -0.15) is 5.10 Å². The predicted molar refractivity (Wildman–Crippen MR) is 87.7 cm³/mol. The molecule has 0 unspecified atom stereocenters. The fourth-order valence-corrected chi connectivity index (χ4v) is 1.90. The third-order valence-corrected chi connectivity index (χ3v) is 2.74. The zero-order valence-corrected chi connectivity index (χ0v) is 13.7. The molecular formula is C14H21N3O3S. The largest absolute Gasteiger partial charge is 0.496 e. The molecule has 0 amide bonds. The van der Waals surface area contributed by atoms with Crippen molar-refractivity contribution in [2.24, 2.45) is 5.10 Å². The van der Waals surface area contributed by atoms with Gasteiger partial charge in [0.1, 0.15) is 17.2 Å². The zero-order chi connectivity index (χ0) is 15.8. The van der Waals surface area contributed by atoms with Crippen LogP contribution in [0.1, 0.15) is 19.4 Å². The average Bonchev–Trinajstić information content (AvgIpc) is 2.46. The predicted octanol–water partition coefficient (Wildman–Crippen LogP) is 1.92. The fourth-order valence-electron chi connectivity index (χ4n) is 1.61. The van der Waals surface area contributed by atoms with Crippen LogP contribution in [0.3, 0.4) is 0 Å². The molecule has 0 heterocycles. The quantitative estimate of drug-likeness (QED) is 0.475. The van der Waals surface area contributed by atoms with Gasteiger partial charge in [-0.1, -0.05) is 0 Å². The number of nitrogens with zero attached hydrogens (tertiary/aromatic N) is 1. The van der Waals surface area contributed by atoms with Gasteiger partial charge in [0.25, 0.3) is 0 Å². The summed E-state index contributed by atoms with van der Waals surface area (Å²) in [5.74, 6) is 1.84. The monoisotopic (exact) mass is 311 g/mol. The molecule has 0 saturated heterocycles. The minimum Gasteiger partial charge on any atom is -0.496 e. The van der Waals surface area contributed by atoms with E-state index in [2.05, 4.69) is 15.8 Å². The van der Waals surface area contributed by atoms with Gasteiger partial charge in [-0.05, 0) is 26.1 Å². The number of benzene rings is 1. The van der Waals surface area contributed by atoms with Gasteiger partial charge in [0.05, 0.1) is 33.1 Å². The molecule has 2 N–H and O–H groups in total. The molecule has 0 fully saturated rings. The molecule has 6 nitrogen and oxygen atoms in total. The molecule has 1 aromatic carbocycles. The van der Waals surface area contributed by atoms with Gasteiger partial charge < -0.3 is 19.5 Å². The average molecular weight is 311 g/mol. The summed E-state index contributed by atoms with van der Waals surface area (Å²) in [5.41, 5.74) is 3.44. The Kier molecular flexibility index (Phi) is 6.74. The SMILES string of the molecule is COc1cc(OC)c(/C=N/NC(=S)NC(C)C)c(OC)c1. The standard InChI is InChI=1S/C14H21N3O3S/c1-9(2)16-14(21)17-15-8-11-12(19-4)6-10(18-3)7-13(11)20-5/h6-9H,1-5H3,(H2,16,17,21)/b15-8+. The van der Waals surface area contributed by atoms with Crippen molar-refractivity contribution in [3.63, 3.8) is 0 Å². The van der Waals surface area contributed by atoms with Crippen LogP contribution in [0.2, 0.25) is 0 Å². The molecule has 0 bridgehead atoms.